The average Bonchev–Trinajstić information content (AvgIpc) is 2.89. The summed E-state index contributed by atoms with van der Waals surface area (Å²) in [5, 5.41) is 0.617. The molecule has 0 aliphatic carbocycles. The van der Waals surface area contributed by atoms with Gasteiger partial charge in [0, 0.05) is 11.8 Å². The number of rotatable bonds is 4. The Hall–Kier alpha value is -3.02. The standard InChI is InChI=1S/C17H16N2O4/c1-9-4-6-12-14(18)16(23-17(12)19-9)15(20)11-7-5-10(21-2)8-13(11)22-3/h4-8H,18H2,1-3H3. The van der Waals surface area contributed by atoms with E-state index in [2.05, 4.69) is 4.98 Å². The molecular formula is C17H16N2O4. The lowest BCUT2D eigenvalue weighted by atomic mass is 10.1. The molecule has 0 saturated carbocycles. The summed E-state index contributed by atoms with van der Waals surface area (Å²) < 4.78 is 16.0. The summed E-state index contributed by atoms with van der Waals surface area (Å²) in [6.07, 6.45) is 0. The van der Waals surface area contributed by atoms with E-state index in [9.17, 15) is 4.79 Å². The van der Waals surface area contributed by atoms with E-state index in [4.69, 9.17) is 19.6 Å². The molecule has 0 saturated heterocycles. The zero-order valence-electron chi connectivity index (χ0n) is 13.0. The molecule has 1 aromatic carbocycles. The molecule has 0 fully saturated rings. The minimum absolute atomic E-state index is 0.0570. The Morgan fingerprint density at radius 2 is 1.96 bits per heavy atom. The number of methoxy groups -OCH3 is 2. The Morgan fingerprint density at radius 3 is 2.65 bits per heavy atom. The molecule has 0 atom stereocenters. The first-order valence-electron chi connectivity index (χ1n) is 6.97. The fraction of sp³-hybridized carbons (Fsp3) is 0.176. The number of carbonyl (C=O) groups excluding carboxylic acids is 1. The van der Waals surface area contributed by atoms with Gasteiger partial charge in [0.2, 0.25) is 17.3 Å². The SMILES string of the molecule is COc1ccc(C(=O)c2oc3nc(C)ccc3c2N)c(OC)c1. The highest BCUT2D eigenvalue weighted by atomic mass is 16.5. The number of fused-ring (bicyclic) bond motifs is 1. The van der Waals surface area contributed by atoms with E-state index >= 15 is 0 Å². The van der Waals surface area contributed by atoms with Crippen LogP contribution in [0, 0.1) is 6.92 Å². The van der Waals surface area contributed by atoms with E-state index in [1.807, 2.05) is 13.0 Å². The number of anilines is 1. The monoisotopic (exact) mass is 312 g/mol. The van der Waals surface area contributed by atoms with Gasteiger partial charge in [-0.2, -0.15) is 0 Å². The van der Waals surface area contributed by atoms with Crippen LogP contribution in [0.15, 0.2) is 34.7 Å². The van der Waals surface area contributed by atoms with Crippen molar-refractivity contribution in [1.82, 2.24) is 4.98 Å². The molecule has 0 bridgehead atoms. The molecule has 23 heavy (non-hydrogen) atoms. The van der Waals surface area contributed by atoms with Crippen molar-refractivity contribution in [3.05, 3.63) is 47.3 Å². The van der Waals surface area contributed by atoms with Crippen molar-refractivity contribution in [1.29, 1.82) is 0 Å². The molecule has 2 heterocycles. The number of aromatic nitrogens is 1. The predicted octanol–water partition coefficient (Wildman–Crippen LogP) is 2.97. The van der Waals surface area contributed by atoms with Crippen LogP contribution in [0.5, 0.6) is 11.5 Å². The first-order chi connectivity index (χ1) is 11.0. The van der Waals surface area contributed by atoms with Crippen LogP contribution in [0.25, 0.3) is 11.1 Å². The normalized spacial score (nSPS) is 10.7. The van der Waals surface area contributed by atoms with Crippen LogP contribution in [0.2, 0.25) is 0 Å². The first kappa shape index (κ1) is 14.9. The average molecular weight is 312 g/mol. The van der Waals surface area contributed by atoms with Gasteiger partial charge >= 0.3 is 0 Å². The number of benzene rings is 1. The number of ether oxygens (including phenoxy) is 2. The van der Waals surface area contributed by atoms with Crippen LogP contribution in [0.4, 0.5) is 5.69 Å². The zero-order valence-corrected chi connectivity index (χ0v) is 13.0. The van der Waals surface area contributed by atoms with E-state index in [1.54, 1.807) is 31.4 Å². The highest BCUT2D eigenvalue weighted by Crippen LogP contribution is 2.32. The van der Waals surface area contributed by atoms with Crippen molar-refractivity contribution >= 4 is 22.6 Å². The van der Waals surface area contributed by atoms with Gasteiger partial charge in [0.15, 0.2) is 0 Å². The fourth-order valence-electron chi connectivity index (χ4n) is 2.37. The number of pyridine rings is 1. The van der Waals surface area contributed by atoms with Crippen molar-refractivity contribution in [3.8, 4) is 11.5 Å². The highest BCUT2D eigenvalue weighted by Gasteiger charge is 2.23. The Balaban J connectivity index is 2.12. The van der Waals surface area contributed by atoms with Crippen molar-refractivity contribution in [2.45, 2.75) is 6.92 Å². The van der Waals surface area contributed by atoms with Crippen LogP contribution >= 0.6 is 0 Å². The Morgan fingerprint density at radius 1 is 1.17 bits per heavy atom. The number of hydrogen-bond donors (Lipinski definition) is 1. The second-order valence-corrected chi connectivity index (χ2v) is 5.05. The quantitative estimate of drug-likeness (QED) is 0.745. The number of carbonyl (C=O) groups is 1. The topological polar surface area (TPSA) is 87.6 Å². The molecule has 6 nitrogen and oxygen atoms in total. The van der Waals surface area contributed by atoms with Gasteiger partial charge in [0.05, 0.1) is 30.9 Å². The number of nitrogen functional groups attached to an aromatic ring is 1. The highest BCUT2D eigenvalue weighted by molar-refractivity contribution is 6.15. The third kappa shape index (κ3) is 2.48. The van der Waals surface area contributed by atoms with Crippen molar-refractivity contribution in [2.75, 3.05) is 20.0 Å². The molecule has 3 aromatic rings. The fourth-order valence-corrected chi connectivity index (χ4v) is 2.37. The number of nitrogens with two attached hydrogens (primary N) is 1. The minimum atomic E-state index is -0.363. The lowest BCUT2D eigenvalue weighted by Crippen LogP contribution is -2.05. The maximum atomic E-state index is 12.8. The molecule has 2 N–H and O–H groups in total. The third-order valence-electron chi connectivity index (χ3n) is 3.59. The summed E-state index contributed by atoms with van der Waals surface area (Å²) in [5.41, 5.74) is 7.80. The molecule has 0 aliphatic heterocycles. The molecule has 3 rings (SSSR count). The summed E-state index contributed by atoms with van der Waals surface area (Å²) in [7, 11) is 3.03. The van der Waals surface area contributed by atoms with Gasteiger partial charge in [0.1, 0.15) is 11.5 Å². The number of aryl methyl sites for hydroxylation is 1. The third-order valence-corrected chi connectivity index (χ3v) is 3.59. The summed E-state index contributed by atoms with van der Waals surface area (Å²) in [6.45, 7) is 1.84. The van der Waals surface area contributed by atoms with Crippen LogP contribution in [-0.4, -0.2) is 25.0 Å². The molecular weight excluding hydrogens is 296 g/mol. The molecule has 118 valence electrons. The minimum Gasteiger partial charge on any atom is -0.497 e. The van der Waals surface area contributed by atoms with Gasteiger partial charge < -0.3 is 19.6 Å². The number of hydrogen-bond acceptors (Lipinski definition) is 6. The first-order valence-corrected chi connectivity index (χ1v) is 6.97. The molecule has 0 unspecified atom stereocenters. The predicted molar refractivity (Wildman–Crippen MR) is 86.1 cm³/mol. The van der Waals surface area contributed by atoms with E-state index in [1.165, 1.54) is 7.11 Å². The number of ketones is 1. The molecule has 6 heteroatoms. The van der Waals surface area contributed by atoms with Gasteiger partial charge in [-0.3, -0.25) is 4.79 Å². The Kier molecular flexibility index (Phi) is 3.65. The number of nitrogens with zero attached hydrogens (tertiary/aromatic N) is 1. The van der Waals surface area contributed by atoms with E-state index in [-0.39, 0.29) is 17.2 Å². The van der Waals surface area contributed by atoms with Crippen LogP contribution in [0.3, 0.4) is 0 Å². The van der Waals surface area contributed by atoms with Crippen molar-refractivity contribution < 1.29 is 18.7 Å². The van der Waals surface area contributed by atoms with Crippen molar-refractivity contribution in [2.24, 2.45) is 0 Å². The van der Waals surface area contributed by atoms with Crippen molar-refractivity contribution in [3.63, 3.8) is 0 Å². The summed E-state index contributed by atoms with van der Waals surface area (Å²) in [5.74, 6) is 0.672. The van der Waals surface area contributed by atoms with E-state index < -0.39 is 0 Å². The zero-order chi connectivity index (χ0) is 16.6. The molecule has 0 aliphatic rings. The Bertz CT molecular complexity index is 899. The van der Waals surface area contributed by atoms with Gasteiger partial charge in [-0.1, -0.05) is 0 Å². The van der Waals surface area contributed by atoms with Gasteiger partial charge in [-0.15, -0.1) is 0 Å². The second kappa shape index (κ2) is 5.64. The van der Waals surface area contributed by atoms with E-state index in [0.717, 1.165) is 5.69 Å². The second-order valence-electron chi connectivity index (χ2n) is 5.05. The maximum absolute atomic E-state index is 12.8. The van der Waals surface area contributed by atoms with E-state index in [0.29, 0.717) is 28.2 Å². The smallest absolute Gasteiger partial charge is 0.234 e. The molecule has 0 amide bonds. The van der Waals surface area contributed by atoms with Crippen LogP contribution in [0.1, 0.15) is 21.8 Å². The summed E-state index contributed by atoms with van der Waals surface area (Å²) >= 11 is 0. The lowest BCUT2D eigenvalue weighted by Gasteiger charge is -2.08. The molecule has 0 spiro atoms. The van der Waals surface area contributed by atoms with Gasteiger partial charge in [-0.05, 0) is 31.2 Å². The van der Waals surface area contributed by atoms with Gasteiger partial charge in [-0.25, -0.2) is 4.98 Å². The Labute approximate surface area is 132 Å². The maximum Gasteiger partial charge on any atom is 0.234 e. The molecule has 2 aromatic heterocycles. The lowest BCUT2D eigenvalue weighted by molar-refractivity contribution is 0.101. The number of furan rings is 1. The van der Waals surface area contributed by atoms with Crippen LogP contribution < -0.4 is 15.2 Å². The molecule has 0 radical (unpaired) electrons. The van der Waals surface area contributed by atoms with Gasteiger partial charge in [0.25, 0.3) is 0 Å². The largest absolute Gasteiger partial charge is 0.497 e. The van der Waals surface area contributed by atoms with Crippen LogP contribution in [-0.2, 0) is 0 Å². The summed E-state index contributed by atoms with van der Waals surface area (Å²) in [6, 6.07) is 8.53. The summed E-state index contributed by atoms with van der Waals surface area (Å²) in [4.78, 5) is 17.0.